The maximum absolute atomic E-state index is 11.0. The van der Waals surface area contributed by atoms with Crippen LogP contribution in [0.3, 0.4) is 0 Å². The summed E-state index contributed by atoms with van der Waals surface area (Å²) in [6, 6.07) is 1.95. The number of carbonyl (C=O) groups is 1. The summed E-state index contributed by atoms with van der Waals surface area (Å²) in [6.07, 6.45) is 2.67. The van der Waals surface area contributed by atoms with E-state index < -0.39 is 0 Å². The van der Waals surface area contributed by atoms with Crippen LogP contribution in [0.4, 0.5) is 0 Å². The molecule has 0 aliphatic rings. The number of nitrogens with zero attached hydrogens (tertiary/aromatic N) is 2. The summed E-state index contributed by atoms with van der Waals surface area (Å²) in [4.78, 5) is 11.0. The maximum Gasteiger partial charge on any atom is 0.233 e. The first kappa shape index (κ1) is 10.7. The molecule has 1 heterocycles. The van der Waals surface area contributed by atoms with Crippen molar-refractivity contribution in [3.63, 3.8) is 0 Å². The molecular formula is C9H16N4O. The van der Waals surface area contributed by atoms with Gasteiger partial charge in [-0.1, -0.05) is 0 Å². The second kappa shape index (κ2) is 5.39. The van der Waals surface area contributed by atoms with Crippen molar-refractivity contribution in [2.45, 2.75) is 6.42 Å². The average Bonchev–Trinajstić information content (AvgIpc) is 2.52. The molecular weight excluding hydrogens is 180 g/mol. The SMILES string of the molecule is CNCC(=O)NCCc1ccn(C)n1. The molecule has 0 fully saturated rings. The summed E-state index contributed by atoms with van der Waals surface area (Å²) in [7, 11) is 3.63. The zero-order valence-corrected chi connectivity index (χ0v) is 8.58. The van der Waals surface area contributed by atoms with Gasteiger partial charge in [0.15, 0.2) is 0 Å². The predicted octanol–water partition coefficient (Wildman–Crippen LogP) is -0.702. The van der Waals surface area contributed by atoms with Crippen molar-refractivity contribution in [1.29, 1.82) is 0 Å². The van der Waals surface area contributed by atoms with E-state index in [1.807, 2.05) is 19.3 Å². The van der Waals surface area contributed by atoms with Gasteiger partial charge in [0.1, 0.15) is 0 Å². The topological polar surface area (TPSA) is 59.0 Å². The predicted molar refractivity (Wildman–Crippen MR) is 53.8 cm³/mol. The highest BCUT2D eigenvalue weighted by atomic mass is 16.1. The van der Waals surface area contributed by atoms with Crippen LogP contribution in [0.1, 0.15) is 5.69 Å². The van der Waals surface area contributed by atoms with Gasteiger partial charge in [-0.3, -0.25) is 9.48 Å². The molecule has 14 heavy (non-hydrogen) atoms. The van der Waals surface area contributed by atoms with Crippen molar-refractivity contribution in [2.24, 2.45) is 7.05 Å². The first-order valence-electron chi connectivity index (χ1n) is 4.62. The molecule has 5 nitrogen and oxygen atoms in total. The van der Waals surface area contributed by atoms with E-state index in [1.165, 1.54) is 0 Å². The molecule has 78 valence electrons. The van der Waals surface area contributed by atoms with Gasteiger partial charge < -0.3 is 10.6 Å². The zero-order chi connectivity index (χ0) is 10.4. The summed E-state index contributed by atoms with van der Waals surface area (Å²) in [5.41, 5.74) is 0.997. The minimum absolute atomic E-state index is 0.0171. The summed E-state index contributed by atoms with van der Waals surface area (Å²) < 4.78 is 1.75. The first-order chi connectivity index (χ1) is 6.72. The number of rotatable bonds is 5. The normalized spacial score (nSPS) is 10.1. The number of carbonyl (C=O) groups excluding carboxylic acids is 1. The van der Waals surface area contributed by atoms with Crippen LogP contribution in [0.5, 0.6) is 0 Å². The molecule has 5 heteroatoms. The second-order valence-corrected chi connectivity index (χ2v) is 3.11. The number of hydrogen-bond acceptors (Lipinski definition) is 3. The van der Waals surface area contributed by atoms with Gasteiger partial charge in [-0.05, 0) is 13.1 Å². The Morgan fingerprint density at radius 2 is 2.43 bits per heavy atom. The van der Waals surface area contributed by atoms with Crippen LogP contribution in [-0.4, -0.2) is 35.8 Å². The Labute approximate surface area is 83.5 Å². The van der Waals surface area contributed by atoms with Crippen molar-refractivity contribution in [2.75, 3.05) is 20.1 Å². The fourth-order valence-corrected chi connectivity index (χ4v) is 1.15. The average molecular weight is 196 g/mol. The smallest absolute Gasteiger partial charge is 0.233 e. The highest BCUT2D eigenvalue weighted by Crippen LogP contribution is 1.93. The molecule has 1 rings (SSSR count). The molecule has 0 saturated carbocycles. The van der Waals surface area contributed by atoms with Gasteiger partial charge in [-0.25, -0.2) is 0 Å². The molecule has 0 radical (unpaired) electrons. The second-order valence-electron chi connectivity index (χ2n) is 3.11. The summed E-state index contributed by atoms with van der Waals surface area (Å²) in [5, 5.41) is 9.78. The van der Waals surface area contributed by atoms with Crippen molar-refractivity contribution >= 4 is 5.91 Å². The highest BCUT2D eigenvalue weighted by Gasteiger charge is 1.99. The summed E-state index contributed by atoms with van der Waals surface area (Å²) in [5.74, 6) is 0.0171. The third-order valence-corrected chi connectivity index (χ3v) is 1.81. The van der Waals surface area contributed by atoms with Crippen molar-refractivity contribution in [3.05, 3.63) is 18.0 Å². The zero-order valence-electron chi connectivity index (χ0n) is 8.58. The minimum Gasteiger partial charge on any atom is -0.355 e. The third-order valence-electron chi connectivity index (χ3n) is 1.81. The van der Waals surface area contributed by atoms with Crippen molar-refractivity contribution in [3.8, 4) is 0 Å². The van der Waals surface area contributed by atoms with Crippen LogP contribution in [-0.2, 0) is 18.3 Å². The van der Waals surface area contributed by atoms with Gasteiger partial charge in [-0.2, -0.15) is 5.10 Å². The molecule has 0 unspecified atom stereocenters. The highest BCUT2D eigenvalue weighted by molar-refractivity contribution is 5.77. The van der Waals surface area contributed by atoms with Crippen LogP contribution in [0.15, 0.2) is 12.3 Å². The molecule has 0 spiro atoms. The van der Waals surface area contributed by atoms with Gasteiger partial charge in [0, 0.05) is 26.2 Å². The number of amides is 1. The molecule has 1 aromatic heterocycles. The van der Waals surface area contributed by atoms with Gasteiger partial charge in [0.2, 0.25) is 5.91 Å². The fourth-order valence-electron chi connectivity index (χ4n) is 1.15. The Balaban J connectivity index is 2.18. The van der Waals surface area contributed by atoms with Gasteiger partial charge >= 0.3 is 0 Å². The lowest BCUT2D eigenvalue weighted by Crippen LogP contribution is -2.33. The molecule has 0 aliphatic heterocycles. The number of aromatic nitrogens is 2. The van der Waals surface area contributed by atoms with Crippen molar-refractivity contribution < 1.29 is 4.79 Å². The maximum atomic E-state index is 11.0. The molecule has 0 aliphatic carbocycles. The van der Waals surface area contributed by atoms with E-state index in [0.29, 0.717) is 13.1 Å². The van der Waals surface area contributed by atoms with E-state index in [2.05, 4.69) is 15.7 Å². The lowest BCUT2D eigenvalue weighted by atomic mass is 10.3. The van der Waals surface area contributed by atoms with E-state index in [0.717, 1.165) is 12.1 Å². The quantitative estimate of drug-likeness (QED) is 0.654. The Morgan fingerprint density at radius 3 is 3.00 bits per heavy atom. The molecule has 1 aromatic rings. The molecule has 0 saturated heterocycles. The van der Waals surface area contributed by atoms with Crippen LogP contribution < -0.4 is 10.6 Å². The number of aryl methyl sites for hydroxylation is 1. The van der Waals surface area contributed by atoms with E-state index in [4.69, 9.17) is 0 Å². The van der Waals surface area contributed by atoms with Crippen LogP contribution >= 0.6 is 0 Å². The van der Waals surface area contributed by atoms with Crippen LogP contribution in [0.25, 0.3) is 0 Å². The minimum atomic E-state index is 0.0171. The lowest BCUT2D eigenvalue weighted by molar-refractivity contribution is -0.120. The Kier molecular flexibility index (Phi) is 4.12. The molecule has 1 amide bonds. The van der Waals surface area contributed by atoms with E-state index in [9.17, 15) is 4.79 Å². The Bertz CT molecular complexity index is 295. The monoisotopic (exact) mass is 196 g/mol. The Morgan fingerprint density at radius 1 is 1.64 bits per heavy atom. The molecule has 0 atom stereocenters. The van der Waals surface area contributed by atoms with E-state index >= 15 is 0 Å². The largest absolute Gasteiger partial charge is 0.355 e. The lowest BCUT2D eigenvalue weighted by Gasteiger charge is -2.02. The number of likely N-dealkylation sites (N-methyl/N-ethyl adjacent to an activating group) is 1. The fraction of sp³-hybridized carbons (Fsp3) is 0.556. The first-order valence-corrected chi connectivity index (χ1v) is 4.62. The molecule has 2 N–H and O–H groups in total. The van der Waals surface area contributed by atoms with Crippen molar-refractivity contribution in [1.82, 2.24) is 20.4 Å². The summed E-state index contributed by atoms with van der Waals surface area (Å²) in [6.45, 7) is 1.000. The van der Waals surface area contributed by atoms with Gasteiger partial charge in [0.25, 0.3) is 0 Å². The standard InChI is InChI=1S/C9H16N4O/c1-10-7-9(14)11-5-3-8-4-6-13(2)12-8/h4,6,10H,3,5,7H2,1-2H3,(H,11,14). The van der Waals surface area contributed by atoms with Gasteiger partial charge in [0.05, 0.1) is 12.2 Å². The third kappa shape index (κ3) is 3.57. The van der Waals surface area contributed by atoms with Crippen LogP contribution in [0, 0.1) is 0 Å². The van der Waals surface area contributed by atoms with Crippen LogP contribution in [0.2, 0.25) is 0 Å². The number of nitrogens with one attached hydrogen (secondary N) is 2. The van der Waals surface area contributed by atoms with E-state index in [-0.39, 0.29) is 5.91 Å². The summed E-state index contributed by atoms with van der Waals surface area (Å²) >= 11 is 0. The molecule has 0 aromatic carbocycles. The van der Waals surface area contributed by atoms with Gasteiger partial charge in [-0.15, -0.1) is 0 Å². The number of hydrogen-bond donors (Lipinski definition) is 2. The Hall–Kier alpha value is -1.36. The molecule has 0 bridgehead atoms. The van der Waals surface area contributed by atoms with E-state index in [1.54, 1.807) is 11.7 Å².